The molecular formula is C12H17ClN2O4. The zero-order chi connectivity index (χ0) is 14.4. The second-order valence-electron chi connectivity index (χ2n) is 4.14. The zero-order valence-electron chi connectivity index (χ0n) is 10.6. The molecule has 0 saturated heterocycles. The molecule has 0 aliphatic heterocycles. The molecule has 7 heteroatoms. The van der Waals surface area contributed by atoms with Crippen molar-refractivity contribution < 1.29 is 19.8 Å². The highest BCUT2D eigenvalue weighted by atomic mass is 35.5. The van der Waals surface area contributed by atoms with Gasteiger partial charge in [0.05, 0.1) is 5.02 Å². The number of hydrogen-bond acceptors (Lipinski definition) is 3. The molecule has 1 aromatic rings. The number of aliphatic hydroxyl groups is 1. The van der Waals surface area contributed by atoms with E-state index in [9.17, 15) is 9.59 Å². The highest BCUT2D eigenvalue weighted by Gasteiger charge is 2.15. The normalized spacial score (nSPS) is 12.2. The van der Waals surface area contributed by atoms with Gasteiger partial charge in [-0.25, -0.2) is 4.79 Å². The predicted molar refractivity (Wildman–Crippen MR) is 70.3 cm³/mol. The van der Waals surface area contributed by atoms with Crippen molar-refractivity contribution in [1.82, 2.24) is 9.88 Å². The van der Waals surface area contributed by atoms with E-state index in [-0.39, 0.29) is 18.9 Å². The Morgan fingerprint density at radius 2 is 2.21 bits per heavy atom. The number of carboxylic acid groups (broad SMARTS) is 1. The van der Waals surface area contributed by atoms with Crippen LogP contribution in [0.4, 0.5) is 0 Å². The molecule has 0 unspecified atom stereocenters. The van der Waals surface area contributed by atoms with Crippen LogP contribution in [0.3, 0.4) is 0 Å². The highest BCUT2D eigenvalue weighted by Crippen LogP contribution is 2.14. The number of halogens is 1. The maximum atomic E-state index is 11.9. The van der Waals surface area contributed by atoms with Crippen molar-refractivity contribution in [2.45, 2.75) is 32.4 Å². The van der Waals surface area contributed by atoms with E-state index in [0.29, 0.717) is 17.3 Å². The van der Waals surface area contributed by atoms with Gasteiger partial charge in [0.2, 0.25) is 0 Å². The molecule has 1 rings (SSSR count). The molecule has 0 aliphatic carbocycles. The smallest absolute Gasteiger partial charge is 0.332 e. The lowest BCUT2D eigenvalue weighted by Crippen LogP contribution is -2.31. The first-order chi connectivity index (χ1) is 8.95. The van der Waals surface area contributed by atoms with Crippen LogP contribution < -0.4 is 5.32 Å². The van der Waals surface area contributed by atoms with Gasteiger partial charge in [-0.2, -0.15) is 0 Å². The fraction of sp³-hybridized carbons (Fsp3) is 0.500. The standard InChI is InChI=1S/C12H17ClN2O4/c1-2-5-15-7-8(13)6-9(15)11(17)14-4-3-10(16)12(18)19/h6-7,10,16H,2-5H2,1H3,(H,14,17)(H,18,19)/t10-/m0/s1. The van der Waals surface area contributed by atoms with E-state index in [1.807, 2.05) is 6.92 Å². The zero-order valence-corrected chi connectivity index (χ0v) is 11.4. The molecule has 0 aromatic carbocycles. The van der Waals surface area contributed by atoms with E-state index in [2.05, 4.69) is 5.32 Å². The summed E-state index contributed by atoms with van der Waals surface area (Å²) in [6.45, 7) is 2.74. The number of nitrogens with one attached hydrogen (secondary N) is 1. The minimum absolute atomic E-state index is 0.0384. The Morgan fingerprint density at radius 1 is 1.53 bits per heavy atom. The number of carboxylic acids is 1. The summed E-state index contributed by atoms with van der Waals surface area (Å²) in [5, 5.41) is 20.6. The first-order valence-corrected chi connectivity index (χ1v) is 6.38. The fourth-order valence-corrected chi connectivity index (χ4v) is 1.85. The molecular weight excluding hydrogens is 272 g/mol. The van der Waals surface area contributed by atoms with Crippen LogP contribution in [-0.2, 0) is 11.3 Å². The molecule has 1 aromatic heterocycles. The van der Waals surface area contributed by atoms with Gasteiger partial charge in [0.25, 0.3) is 5.91 Å². The Hall–Kier alpha value is -1.53. The first-order valence-electron chi connectivity index (χ1n) is 6.00. The van der Waals surface area contributed by atoms with E-state index in [1.165, 1.54) is 0 Å². The van der Waals surface area contributed by atoms with Crippen LogP contribution in [0.1, 0.15) is 30.3 Å². The third-order valence-electron chi connectivity index (χ3n) is 2.55. The van der Waals surface area contributed by atoms with Crippen molar-refractivity contribution in [3.05, 3.63) is 23.0 Å². The van der Waals surface area contributed by atoms with Crippen molar-refractivity contribution in [2.24, 2.45) is 0 Å². The molecule has 1 amide bonds. The van der Waals surface area contributed by atoms with Gasteiger partial charge in [-0.15, -0.1) is 0 Å². The number of nitrogens with zero attached hydrogens (tertiary/aromatic N) is 1. The summed E-state index contributed by atoms with van der Waals surface area (Å²) in [5.74, 6) is -1.63. The maximum absolute atomic E-state index is 11.9. The molecule has 6 nitrogen and oxygen atoms in total. The molecule has 0 fully saturated rings. The number of aromatic nitrogens is 1. The maximum Gasteiger partial charge on any atom is 0.332 e. The van der Waals surface area contributed by atoms with E-state index < -0.39 is 12.1 Å². The van der Waals surface area contributed by atoms with Gasteiger partial charge in [0, 0.05) is 25.7 Å². The molecule has 1 heterocycles. The van der Waals surface area contributed by atoms with Crippen LogP contribution in [-0.4, -0.2) is 39.3 Å². The van der Waals surface area contributed by atoms with Crippen molar-refractivity contribution >= 4 is 23.5 Å². The van der Waals surface area contributed by atoms with Crippen molar-refractivity contribution in [3.63, 3.8) is 0 Å². The summed E-state index contributed by atoms with van der Waals surface area (Å²) < 4.78 is 1.74. The number of carbonyl (C=O) groups is 2. The van der Waals surface area contributed by atoms with Crippen molar-refractivity contribution in [3.8, 4) is 0 Å². The lowest BCUT2D eigenvalue weighted by atomic mass is 10.2. The summed E-state index contributed by atoms with van der Waals surface area (Å²) in [4.78, 5) is 22.3. The Balaban J connectivity index is 2.56. The van der Waals surface area contributed by atoms with Gasteiger partial charge < -0.3 is 20.1 Å². The molecule has 0 bridgehead atoms. The van der Waals surface area contributed by atoms with E-state index in [0.717, 1.165) is 6.42 Å². The second-order valence-corrected chi connectivity index (χ2v) is 4.57. The van der Waals surface area contributed by atoms with Gasteiger partial charge in [-0.1, -0.05) is 18.5 Å². The fourth-order valence-electron chi connectivity index (χ4n) is 1.63. The molecule has 0 spiro atoms. The van der Waals surface area contributed by atoms with Crippen LogP contribution in [0, 0.1) is 0 Å². The van der Waals surface area contributed by atoms with E-state index in [1.54, 1.807) is 16.8 Å². The highest BCUT2D eigenvalue weighted by molar-refractivity contribution is 6.31. The number of rotatable bonds is 7. The average molecular weight is 289 g/mol. The summed E-state index contributed by atoms with van der Waals surface area (Å²) in [7, 11) is 0. The third kappa shape index (κ3) is 4.57. The quantitative estimate of drug-likeness (QED) is 0.701. The predicted octanol–water partition coefficient (Wildman–Crippen LogP) is 1.12. The largest absolute Gasteiger partial charge is 0.479 e. The SMILES string of the molecule is CCCn1cc(Cl)cc1C(=O)NCC[C@H](O)C(=O)O. The number of aryl methyl sites for hydroxylation is 1. The second kappa shape index (κ2) is 7.16. The first kappa shape index (κ1) is 15.5. The van der Waals surface area contributed by atoms with Gasteiger partial charge in [-0.3, -0.25) is 4.79 Å². The monoisotopic (exact) mass is 288 g/mol. The summed E-state index contributed by atoms with van der Waals surface area (Å²) in [6.07, 6.45) is 1.03. The summed E-state index contributed by atoms with van der Waals surface area (Å²) in [6, 6.07) is 1.56. The van der Waals surface area contributed by atoms with Crippen LogP contribution in [0.2, 0.25) is 5.02 Å². The Bertz CT molecular complexity index is 459. The Kier molecular flexibility index (Phi) is 5.85. The van der Waals surface area contributed by atoms with Crippen LogP contribution in [0.15, 0.2) is 12.3 Å². The topological polar surface area (TPSA) is 91.6 Å². The van der Waals surface area contributed by atoms with Gasteiger partial charge in [0.15, 0.2) is 6.10 Å². The van der Waals surface area contributed by atoms with Gasteiger partial charge >= 0.3 is 5.97 Å². The van der Waals surface area contributed by atoms with E-state index >= 15 is 0 Å². The van der Waals surface area contributed by atoms with Crippen LogP contribution in [0.5, 0.6) is 0 Å². The minimum atomic E-state index is -1.47. The van der Waals surface area contributed by atoms with Crippen molar-refractivity contribution in [1.29, 1.82) is 0 Å². The summed E-state index contributed by atoms with van der Waals surface area (Å²) in [5.41, 5.74) is 0.427. The van der Waals surface area contributed by atoms with Gasteiger partial charge in [0.1, 0.15) is 5.69 Å². The lowest BCUT2D eigenvalue weighted by molar-refractivity contribution is -0.146. The Morgan fingerprint density at radius 3 is 2.79 bits per heavy atom. The third-order valence-corrected chi connectivity index (χ3v) is 2.76. The average Bonchev–Trinajstić information content (AvgIpc) is 2.70. The Labute approximate surface area is 116 Å². The minimum Gasteiger partial charge on any atom is -0.479 e. The van der Waals surface area contributed by atoms with Gasteiger partial charge in [-0.05, 0) is 12.5 Å². The van der Waals surface area contributed by atoms with Crippen LogP contribution >= 0.6 is 11.6 Å². The molecule has 3 N–H and O–H groups in total. The number of carbonyl (C=O) groups excluding carboxylic acids is 1. The number of aliphatic hydroxyl groups excluding tert-OH is 1. The molecule has 0 radical (unpaired) electrons. The molecule has 0 aliphatic rings. The van der Waals surface area contributed by atoms with Crippen molar-refractivity contribution in [2.75, 3.05) is 6.54 Å². The lowest BCUT2D eigenvalue weighted by Gasteiger charge is -2.09. The molecule has 1 atom stereocenters. The molecule has 106 valence electrons. The number of hydrogen-bond donors (Lipinski definition) is 3. The molecule has 19 heavy (non-hydrogen) atoms. The van der Waals surface area contributed by atoms with E-state index in [4.69, 9.17) is 21.8 Å². The van der Waals surface area contributed by atoms with Crippen LogP contribution in [0.25, 0.3) is 0 Å². The number of amides is 1. The number of aliphatic carboxylic acids is 1. The molecule has 0 saturated carbocycles. The summed E-state index contributed by atoms with van der Waals surface area (Å²) >= 11 is 5.85.